The number of hydrogen-bond donors (Lipinski definition) is 0. The fourth-order valence-electron chi connectivity index (χ4n) is 10.9. The second-order valence-corrected chi connectivity index (χ2v) is 15.4. The van der Waals surface area contributed by atoms with E-state index < -0.39 is 0 Å². The Balaban J connectivity index is 1.20. The van der Waals surface area contributed by atoms with Crippen molar-refractivity contribution in [2.75, 3.05) is 0 Å². The lowest BCUT2D eigenvalue weighted by molar-refractivity contribution is -0.167. The van der Waals surface area contributed by atoms with E-state index in [9.17, 15) is 4.79 Å². The fourth-order valence-corrected chi connectivity index (χ4v) is 10.9. The van der Waals surface area contributed by atoms with Gasteiger partial charge in [0, 0.05) is 0 Å². The molecule has 9 atom stereocenters. The van der Waals surface area contributed by atoms with Gasteiger partial charge in [-0.25, -0.2) is 0 Å². The predicted octanol–water partition coefficient (Wildman–Crippen LogP) is 9.60. The first-order valence-electron chi connectivity index (χ1n) is 16.4. The summed E-state index contributed by atoms with van der Waals surface area (Å²) in [6.07, 6.45) is 22.6. The van der Waals surface area contributed by atoms with Gasteiger partial charge < -0.3 is 4.74 Å². The Morgan fingerprint density at radius 3 is 2.28 bits per heavy atom. The van der Waals surface area contributed by atoms with Crippen molar-refractivity contribution < 1.29 is 9.53 Å². The first kappa shape index (κ1) is 27.1. The molecule has 0 heterocycles. The second-order valence-electron chi connectivity index (χ2n) is 15.4. The van der Waals surface area contributed by atoms with Crippen LogP contribution in [0.4, 0.5) is 0 Å². The maximum absolute atomic E-state index is 12.9. The summed E-state index contributed by atoms with van der Waals surface area (Å²) in [6, 6.07) is 0. The molecular weight excluding hydrogens is 440 g/mol. The maximum atomic E-state index is 12.9. The van der Waals surface area contributed by atoms with Crippen LogP contribution in [-0.4, -0.2) is 12.1 Å². The molecule has 0 aromatic carbocycles. The summed E-state index contributed by atoms with van der Waals surface area (Å²) in [5, 5.41) is 0. The highest BCUT2D eigenvalue weighted by atomic mass is 16.5. The molecule has 5 rings (SSSR count). The largest absolute Gasteiger partial charge is 0.462 e. The first-order chi connectivity index (χ1) is 17.2. The molecule has 0 aromatic rings. The van der Waals surface area contributed by atoms with E-state index in [1.165, 1.54) is 83.5 Å². The van der Waals surface area contributed by atoms with E-state index in [4.69, 9.17) is 4.74 Å². The highest BCUT2D eigenvalue weighted by Crippen LogP contribution is 2.68. The molecule has 0 amide bonds. The van der Waals surface area contributed by atoms with Crippen LogP contribution in [0.5, 0.6) is 0 Å². The van der Waals surface area contributed by atoms with Crippen LogP contribution in [0.1, 0.15) is 144 Å². The van der Waals surface area contributed by atoms with Crippen molar-refractivity contribution in [2.24, 2.45) is 58.2 Å². The molecule has 9 unspecified atom stereocenters. The third-order valence-corrected chi connectivity index (χ3v) is 13.0. The number of rotatable bonds is 7. The zero-order chi connectivity index (χ0) is 25.5. The molecule has 0 N–H and O–H groups in total. The fraction of sp³-hybridized carbons (Fsp3) is 0.971. The average Bonchev–Trinajstić information content (AvgIpc) is 3.22. The molecular formula is C34H58O2. The van der Waals surface area contributed by atoms with Gasteiger partial charge in [-0.05, 0) is 123 Å². The van der Waals surface area contributed by atoms with Crippen LogP contribution in [0, 0.1) is 58.2 Å². The molecule has 5 aliphatic rings. The van der Waals surface area contributed by atoms with Crippen LogP contribution in [0.3, 0.4) is 0 Å². The van der Waals surface area contributed by atoms with Gasteiger partial charge in [0.15, 0.2) is 0 Å². The number of hydrogen-bond acceptors (Lipinski definition) is 2. The lowest BCUT2D eigenvalue weighted by Crippen LogP contribution is -2.54. The first-order valence-corrected chi connectivity index (χ1v) is 16.4. The van der Waals surface area contributed by atoms with Gasteiger partial charge in [0.05, 0.1) is 5.92 Å². The number of ether oxygens (including phenoxy) is 1. The summed E-state index contributed by atoms with van der Waals surface area (Å²) in [5.74, 6) is 6.65. The van der Waals surface area contributed by atoms with Crippen LogP contribution >= 0.6 is 0 Å². The lowest BCUT2D eigenvalue weighted by Gasteiger charge is -2.61. The van der Waals surface area contributed by atoms with E-state index in [1.807, 2.05) is 0 Å². The van der Waals surface area contributed by atoms with Gasteiger partial charge in [0.2, 0.25) is 0 Å². The van der Waals surface area contributed by atoms with Crippen molar-refractivity contribution in [1.29, 1.82) is 0 Å². The minimum Gasteiger partial charge on any atom is -0.462 e. The van der Waals surface area contributed by atoms with Crippen LogP contribution in [0.2, 0.25) is 0 Å². The Hall–Kier alpha value is -0.530. The number of carbonyl (C=O) groups is 1. The molecule has 0 aromatic heterocycles. The Morgan fingerprint density at radius 1 is 0.806 bits per heavy atom. The van der Waals surface area contributed by atoms with Gasteiger partial charge in [-0.1, -0.05) is 73.1 Å². The summed E-state index contributed by atoms with van der Waals surface area (Å²) in [5.41, 5.74) is 1.08. The molecule has 5 saturated carbocycles. The monoisotopic (exact) mass is 498 g/mol. The van der Waals surface area contributed by atoms with E-state index in [0.29, 0.717) is 10.8 Å². The van der Waals surface area contributed by atoms with Gasteiger partial charge in [-0.2, -0.15) is 0 Å². The van der Waals surface area contributed by atoms with E-state index in [2.05, 4.69) is 34.6 Å². The molecule has 5 fully saturated rings. The Morgan fingerprint density at radius 2 is 1.53 bits per heavy atom. The van der Waals surface area contributed by atoms with Crippen molar-refractivity contribution in [3.8, 4) is 0 Å². The van der Waals surface area contributed by atoms with Crippen molar-refractivity contribution in [1.82, 2.24) is 0 Å². The second kappa shape index (κ2) is 10.9. The van der Waals surface area contributed by atoms with Gasteiger partial charge >= 0.3 is 5.97 Å². The molecule has 2 heteroatoms. The summed E-state index contributed by atoms with van der Waals surface area (Å²) < 4.78 is 6.19. The maximum Gasteiger partial charge on any atom is 0.309 e. The summed E-state index contributed by atoms with van der Waals surface area (Å²) in [4.78, 5) is 12.9. The molecule has 0 saturated heterocycles. The number of carbonyl (C=O) groups excluding carboxylic acids is 1. The minimum absolute atomic E-state index is 0.143. The van der Waals surface area contributed by atoms with Crippen molar-refractivity contribution in [3.63, 3.8) is 0 Å². The Labute approximate surface area is 223 Å². The van der Waals surface area contributed by atoms with Crippen molar-refractivity contribution in [2.45, 2.75) is 150 Å². The third-order valence-electron chi connectivity index (χ3n) is 13.0. The molecule has 2 nitrogen and oxygen atoms in total. The van der Waals surface area contributed by atoms with Gasteiger partial charge in [0.25, 0.3) is 0 Å². The van der Waals surface area contributed by atoms with Crippen LogP contribution in [0.15, 0.2) is 0 Å². The molecule has 0 radical (unpaired) electrons. The zero-order valence-electron chi connectivity index (χ0n) is 24.5. The third kappa shape index (κ3) is 5.06. The van der Waals surface area contributed by atoms with E-state index in [-0.39, 0.29) is 18.0 Å². The highest BCUT2D eigenvalue weighted by Gasteiger charge is 2.60. The molecule has 0 bridgehead atoms. The molecule has 206 valence electrons. The predicted molar refractivity (Wildman–Crippen MR) is 150 cm³/mol. The molecule has 0 aliphatic heterocycles. The molecule has 36 heavy (non-hydrogen) atoms. The van der Waals surface area contributed by atoms with Crippen molar-refractivity contribution in [3.05, 3.63) is 0 Å². The Kier molecular flexibility index (Phi) is 8.20. The summed E-state index contributed by atoms with van der Waals surface area (Å²) in [7, 11) is 0. The van der Waals surface area contributed by atoms with Gasteiger partial charge in [-0.15, -0.1) is 0 Å². The SMILES string of the molecule is CC(C)CCCC(C)C1CCC2C3CCC4CC(OC(=O)C5CCCCC5)CCC4(C)C3CCC12C. The highest BCUT2D eigenvalue weighted by molar-refractivity contribution is 5.72. The Bertz CT molecular complexity index is 752. The quantitative estimate of drug-likeness (QED) is 0.327. The molecule has 5 aliphatic carbocycles. The van der Waals surface area contributed by atoms with Crippen molar-refractivity contribution >= 4 is 5.97 Å². The molecule has 0 spiro atoms. The van der Waals surface area contributed by atoms with Crippen LogP contribution in [0.25, 0.3) is 0 Å². The standard InChI is InChI=1S/C34H58O2/c1-23(2)10-9-11-24(3)29-16-17-30-28-15-14-26-22-27(36-32(35)25-12-7-6-8-13-25)18-20-33(26,4)31(28)19-21-34(29,30)5/h23-31H,6-22H2,1-5H3. The number of fused-ring (bicyclic) bond motifs is 5. The number of esters is 1. The van der Waals surface area contributed by atoms with Gasteiger partial charge in [-0.3, -0.25) is 4.79 Å². The topological polar surface area (TPSA) is 26.3 Å². The smallest absolute Gasteiger partial charge is 0.309 e. The van der Waals surface area contributed by atoms with E-state index in [1.54, 1.807) is 0 Å². The summed E-state index contributed by atoms with van der Waals surface area (Å²) in [6.45, 7) is 12.7. The normalized spacial score (nSPS) is 43.9. The van der Waals surface area contributed by atoms with Crippen LogP contribution in [-0.2, 0) is 9.53 Å². The van der Waals surface area contributed by atoms with E-state index >= 15 is 0 Å². The zero-order valence-corrected chi connectivity index (χ0v) is 24.5. The average molecular weight is 499 g/mol. The van der Waals surface area contributed by atoms with Gasteiger partial charge in [0.1, 0.15) is 6.10 Å². The minimum atomic E-state index is 0.143. The lowest BCUT2D eigenvalue weighted by atomic mass is 9.44. The van der Waals surface area contributed by atoms with E-state index in [0.717, 1.165) is 67.1 Å². The van der Waals surface area contributed by atoms with Crippen LogP contribution < -0.4 is 0 Å². The summed E-state index contributed by atoms with van der Waals surface area (Å²) >= 11 is 0.